The van der Waals surface area contributed by atoms with Crippen molar-refractivity contribution >= 4 is 0 Å². The third kappa shape index (κ3) is 3.99. The van der Waals surface area contributed by atoms with Gasteiger partial charge in [-0.1, -0.05) is 20.3 Å². The molecule has 0 bridgehead atoms. The quantitative estimate of drug-likeness (QED) is 0.771. The predicted octanol–water partition coefficient (Wildman–Crippen LogP) is 2.48. The van der Waals surface area contributed by atoms with E-state index in [0.717, 1.165) is 31.3 Å². The average molecular weight is 224 g/mol. The Bertz CT molecular complexity index is 296. The van der Waals surface area contributed by atoms with E-state index in [1.165, 1.54) is 12.0 Å². The van der Waals surface area contributed by atoms with E-state index in [1.54, 1.807) is 6.26 Å². The molecule has 0 aromatic carbocycles. The molecule has 1 atom stereocenters. The summed E-state index contributed by atoms with van der Waals surface area (Å²) in [4.78, 5) is 2.36. The lowest BCUT2D eigenvalue weighted by Gasteiger charge is -2.20. The molecule has 0 spiro atoms. The lowest BCUT2D eigenvalue weighted by Crippen LogP contribution is -2.24. The fraction of sp³-hybridized carbons (Fsp3) is 0.692. The number of hydrogen-bond acceptors (Lipinski definition) is 3. The Labute approximate surface area is 98.8 Å². The molecule has 0 saturated heterocycles. The molecule has 16 heavy (non-hydrogen) atoms. The summed E-state index contributed by atoms with van der Waals surface area (Å²) in [6.07, 6.45) is 3.01. The number of furan rings is 1. The van der Waals surface area contributed by atoms with Gasteiger partial charge in [-0.2, -0.15) is 0 Å². The van der Waals surface area contributed by atoms with Crippen molar-refractivity contribution in [1.82, 2.24) is 10.2 Å². The second-order valence-electron chi connectivity index (χ2n) is 4.61. The Morgan fingerprint density at radius 1 is 1.50 bits per heavy atom. The summed E-state index contributed by atoms with van der Waals surface area (Å²) in [5.41, 5.74) is 1.29. The standard InChI is InChI=1S/C13H24N2O/c1-5-11(2)9-15(4)10-12-6-7-16-13(12)8-14-3/h6-7,11,14H,5,8-10H2,1-4H3. The zero-order valence-corrected chi connectivity index (χ0v) is 10.9. The van der Waals surface area contributed by atoms with Gasteiger partial charge in [0.1, 0.15) is 5.76 Å². The van der Waals surface area contributed by atoms with Crippen LogP contribution in [0.3, 0.4) is 0 Å². The molecule has 3 heteroatoms. The van der Waals surface area contributed by atoms with E-state index in [4.69, 9.17) is 4.42 Å². The van der Waals surface area contributed by atoms with E-state index in [9.17, 15) is 0 Å². The molecule has 1 aromatic heterocycles. The first kappa shape index (κ1) is 13.3. The van der Waals surface area contributed by atoms with Gasteiger partial charge >= 0.3 is 0 Å². The Kier molecular flexibility index (Phi) is 5.56. The lowest BCUT2D eigenvalue weighted by molar-refractivity contribution is 0.273. The normalized spacial score (nSPS) is 13.3. The van der Waals surface area contributed by atoms with Crippen LogP contribution >= 0.6 is 0 Å². The minimum absolute atomic E-state index is 0.754. The van der Waals surface area contributed by atoms with E-state index >= 15 is 0 Å². The van der Waals surface area contributed by atoms with Crippen molar-refractivity contribution < 1.29 is 4.42 Å². The van der Waals surface area contributed by atoms with Crippen molar-refractivity contribution in [2.45, 2.75) is 33.4 Å². The van der Waals surface area contributed by atoms with Gasteiger partial charge in [0.25, 0.3) is 0 Å². The number of nitrogens with zero attached hydrogens (tertiary/aromatic N) is 1. The Hall–Kier alpha value is -0.800. The second-order valence-corrected chi connectivity index (χ2v) is 4.61. The molecule has 1 heterocycles. The van der Waals surface area contributed by atoms with Crippen LogP contribution in [0.1, 0.15) is 31.6 Å². The molecule has 92 valence electrons. The zero-order chi connectivity index (χ0) is 12.0. The molecular weight excluding hydrogens is 200 g/mol. The molecular formula is C13H24N2O. The maximum atomic E-state index is 5.45. The molecule has 0 saturated carbocycles. The first-order chi connectivity index (χ1) is 7.67. The van der Waals surface area contributed by atoms with Gasteiger partial charge in [0.05, 0.1) is 12.8 Å². The molecule has 1 aromatic rings. The second kappa shape index (κ2) is 6.71. The van der Waals surface area contributed by atoms with Crippen molar-refractivity contribution in [2.24, 2.45) is 5.92 Å². The van der Waals surface area contributed by atoms with Crippen LogP contribution in [0.25, 0.3) is 0 Å². The van der Waals surface area contributed by atoms with E-state index < -0.39 is 0 Å². The highest BCUT2D eigenvalue weighted by Crippen LogP contribution is 2.13. The largest absolute Gasteiger partial charge is 0.468 e. The first-order valence-electron chi connectivity index (χ1n) is 6.05. The van der Waals surface area contributed by atoms with E-state index in [2.05, 4.69) is 37.2 Å². The van der Waals surface area contributed by atoms with Crippen molar-refractivity contribution in [3.63, 3.8) is 0 Å². The predicted molar refractivity (Wildman–Crippen MR) is 67.3 cm³/mol. The van der Waals surface area contributed by atoms with Crippen LogP contribution in [0.2, 0.25) is 0 Å². The first-order valence-corrected chi connectivity index (χ1v) is 6.05. The summed E-state index contributed by atoms with van der Waals surface area (Å²) < 4.78 is 5.45. The Balaban J connectivity index is 2.48. The van der Waals surface area contributed by atoms with Crippen molar-refractivity contribution in [3.8, 4) is 0 Å². The molecule has 0 radical (unpaired) electrons. The van der Waals surface area contributed by atoms with Crippen molar-refractivity contribution in [2.75, 3.05) is 20.6 Å². The SMILES string of the molecule is CCC(C)CN(C)Cc1ccoc1CNC. The molecule has 1 N–H and O–H groups in total. The average Bonchev–Trinajstić information content (AvgIpc) is 2.66. The third-order valence-electron chi connectivity index (χ3n) is 2.94. The zero-order valence-electron chi connectivity index (χ0n) is 10.9. The highest BCUT2D eigenvalue weighted by Gasteiger charge is 2.10. The molecule has 1 rings (SSSR count). The number of nitrogens with one attached hydrogen (secondary N) is 1. The maximum Gasteiger partial charge on any atom is 0.122 e. The van der Waals surface area contributed by atoms with Gasteiger partial charge in [0, 0.05) is 18.7 Å². The number of rotatable bonds is 7. The minimum atomic E-state index is 0.754. The lowest BCUT2D eigenvalue weighted by atomic mass is 10.1. The summed E-state index contributed by atoms with van der Waals surface area (Å²) >= 11 is 0. The minimum Gasteiger partial charge on any atom is -0.468 e. The molecule has 0 aliphatic rings. The van der Waals surface area contributed by atoms with Crippen molar-refractivity contribution in [3.05, 3.63) is 23.7 Å². The summed E-state index contributed by atoms with van der Waals surface area (Å²) in [5.74, 6) is 1.81. The topological polar surface area (TPSA) is 28.4 Å². The van der Waals surface area contributed by atoms with Crippen LogP contribution in [0.4, 0.5) is 0 Å². The van der Waals surface area contributed by atoms with Gasteiger partial charge in [-0.25, -0.2) is 0 Å². The molecule has 0 amide bonds. The van der Waals surface area contributed by atoms with E-state index in [0.29, 0.717) is 0 Å². The fourth-order valence-electron chi connectivity index (χ4n) is 1.84. The van der Waals surface area contributed by atoms with Gasteiger partial charge in [0.15, 0.2) is 0 Å². The molecule has 0 aliphatic carbocycles. The van der Waals surface area contributed by atoms with E-state index in [1.807, 2.05) is 7.05 Å². The highest BCUT2D eigenvalue weighted by molar-refractivity contribution is 5.16. The summed E-state index contributed by atoms with van der Waals surface area (Å²) in [6, 6.07) is 2.07. The summed E-state index contributed by atoms with van der Waals surface area (Å²) in [6.45, 7) is 7.45. The van der Waals surface area contributed by atoms with Crippen LogP contribution in [-0.2, 0) is 13.1 Å². The molecule has 0 fully saturated rings. The van der Waals surface area contributed by atoms with Crippen LogP contribution in [0, 0.1) is 5.92 Å². The van der Waals surface area contributed by atoms with Crippen LogP contribution in [0.5, 0.6) is 0 Å². The Morgan fingerprint density at radius 3 is 2.88 bits per heavy atom. The van der Waals surface area contributed by atoms with Gasteiger partial charge in [-0.3, -0.25) is 0 Å². The summed E-state index contributed by atoms with van der Waals surface area (Å²) in [5, 5.41) is 3.12. The highest BCUT2D eigenvalue weighted by atomic mass is 16.3. The van der Waals surface area contributed by atoms with Gasteiger partial charge in [0.2, 0.25) is 0 Å². The van der Waals surface area contributed by atoms with E-state index in [-0.39, 0.29) is 0 Å². The van der Waals surface area contributed by atoms with Gasteiger partial charge in [-0.15, -0.1) is 0 Å². The maximum absolute atomic E-state index is 5.45. The summed E-state index contributed by atoms with van der Waals surface area (Å²) in [7, 11) is 4.11. The van der Waals surface area contributed by atoms with Crippen LogP contribution in [-0.4, -0.2) is 25.5 Å². The fourth-order valence-corrected chi connectivity index (χ4v) is 1.84. The molecule has 1 unspecified atom stereocenters. The number of hydrogen-bond donors (Lipinski definition) is 1. The van der Waals surface area contributed by atoms with Crippen LogP contribution in [0.15, 0.2) is 16.7 Å². The molecule has 3 nitrogen and oxygen atoms in total. The van der Waals surface area contributed by atoms with Crippen molar-refractivity contribution in [1.29, 1.82) is 0 Å². The Morgan fingerprint density at radius 2 is 2.25 bits per heavy atom. The monoisotopic (exact) mass is 224 g/mol. The smallest absolute Gasteiger partial charge is 0.122 e. The molecule has 0 aliphatic heterocycles. The van der Waals surface area contributed by atoms with Gasteiger partial charge in [-0.05, 0) is 26.1 Å². The third-order valence-corrected chi connectivity index (χ3v) is 2.94. The van der Waals surface area contributed by atoms with Crippen LogP contribution < -0.4 is 5.32 Å². The van der Waals surface area contributed by atoms with Gasteiger partial charge < -0.3 is 14.6 Å².